The van der Waals surface area contributed by atoms with Crippen LogP contribution in [-0.4, -0.2) is 64.7 Å². The molecule has 0 aliphatic carbocycles. The molecule has 1 saturated heterocycles. The molecule has 0 aromatic carbocycles. The summed E-state index contributed by atoms with van der Waals surface area (Å²) in [6.45, 7) is -1.10. The van der Waals surface area contributed by atoms with E-state index >= 15 is 0 Å². The van der Waals surface area contributed by atoms with Gasteiger partial charge in [-0.25, -0.2) is 4.39 Å². The summed E-state index contributed by atoms with van der Waals surface area (Å²) in [5.41, 5.74) is 4.96. The van der Waals surface area contributed by atoms with E-state index in [4.69, 9.17) is 22.1 Å². The summed E-state index contributed by atoms with van der Waals surface area (Å²) in [5, 5.41) is 38.7. The molecular formula is C14H14ClFN4O6. The van der Waals surface area contributed by atoms with Gasteiger partial charge in [-0.2, -0.15) is 4.98 Å². The summed E-state index contributed by atoms with van der Waals surface area (Å²) in [7, 11) is 0. The SMILES string of the molecule is Nc1nc2c(ccn2C2OC(C(O)(O)O)C(O)C2(Cl)C#CCF)c(=O)[nH]1. The lowest BCUT2D eigenvalue weighted by molar-refractivity contribution is -0.368. The highest BCUT2D eigenvalue weighted by molar-refractivity contribution is 6.27. The minimum atomic E-state index is -3.46. The summed E-state index contributed by atoms with van der Waals surface area (Å²) in [6, 6.07) is 1.35. The lowest BCUT2D eigenvalue weighted by atomic mass is 9.97. The predicted octanol–water partition coefficient (Wildman–Crippen LogP) is -1.85. The van der Waals surface area contributed by atoms with Crippen molar-refractivity contribution in [2.75, 3.05) is 12.4 Å². The highest BCUT2D eigenvalue weighted by atomic mass is 35.5. The van der Waals surface area contributed by atoms with Crippen molar-refractivity contribution in [2.45, 2.75) is 29.3 Å². The van der Waals surface area contributed by atoms with Gasteiger partial charge in [-0.15, -0.1) is 0 Å². The van der Waals surface area contributed by atoms with E-state index in [1.807, 2.05) is 5.92 Å². The highest BCUT2D eigenvalue weighted by Crippen LogP contribution is 2.46. The minimum absolute atomic E-state index is 0.00408. The van der Waals surface area contributed by atoms with Crippen molar-refractivity contribution in [3.05, 3.63) is 22.6 Å². The lowest BCUT2D eigenvalue weighted by Crippen LogP contribution is -2.51. The van der Waals surface area contributed by atoms with Gasteiger partial charge in [0.15, 0.2) is 22.9 Å². The molecule has 7 N–H and O–H groups in total. The molecule has 10 nitrogen and oxygen atoms in total. The normalized spacial score (nSPS) is 28.9. The Bertz CT molecular complexity index is 960. The zero-order valence-electron chi connectivity index (χ0n) is 12.9. The number of nitrogens with one attached hydrogen (secondary N) is 1. The Balaban J connectivity index is 2.20. The van der Waals surface area contributed by atoms with Gasteiger partial charge in [0.1, 0.15) is 12.8 Å². The van der Waals surface area contributed by atoms with Gasteiger partial charge in [-0.3, -0.25) is 9.78 Å². The molecule has 4 unspecified atom stereocenters. The van der Waals surface area contributed by atoms with Crippen LogP contribution >= 0.6 is 11.6 Å². The second-order valence-corrected chi connectivity index (χ2v) is 6.28. The van der Waals surface area contributed by atoms with Crippen LogP contribution in [0.2, 0.25) is 0 Å². The predicted molar refractivity (Wildman–Crippen MR) is 86.4 cm³/mol. The number of hydrogen-bond donors (Lipinski definition) is 6. The monoisotopic (exact) mass is 388 g/mol. The molecule has 0 saturated carbocycles. The van der Waals surface area contributed by atoms with Crippen LogP contribution in [0.25, 0.3) is 11.0 Å². The molecule has 0 radical (unpaired) electrons. The molecule has 0 spiro atoms. The number of nitrogens with two attached hydrogens (primary N) is 1. The lowest BCUT2D eigenvalue weighted by Gasteiger charge is -2.26. The number of nitrogen functional groups attached to an aromatic ring is 1. The van der Waals surface area contributed by atoms with Crippen LogP contribution in [0.3, 0.4) is 0 Å². The number of halogens is 2. The van der Waals surface area contributed by atoms with Crippen LogP contribution in [0, 0.1) is 11.8 Å². The third kappa shape index (κ3) is 2.82. The molecule has 3 rings (SSSR count). The second kappa shape index (κ2) is 6.20. The fourth-order valence-electron chi connectivity index (χ4n) is 2.80. The largest absolute Gasteiger partial charge is 0.387 e. The van der Waals surface area contributed by atoms with Crippen LogP contribution in [0.1, 0.15) is 6.23 Å². The van der Waals surface area contributed by atoms with E-state index in [-0.39, 0.29) is 17.0 Å². The Kier molecular flexibility index (Phi) is 4.43. The maximum atomic E-state index is 12.5. The molecule has 4 atom stereocenters. The number of aliphatic hydroxyl groups is 4. The van der Waals surface area contributed by atoms with Crippen molar-refractivity contribution in [1.29, 1.82) is 0 Å². The van der Waals surface area contributed by atoms with Crippen molar-refractivity contribution in [3.63, 3.8) is 0 Å². The zero-order chi connectivity index (χ0) is 19.3. The Morgan fingerprint density at radius 1 is 1.54 bits per heavy atom. The van der Waals surface area contributed by atoms with Crippen LogP contribution < -0.4 is 11.3 Å². The smallest absolute Gasteiger partial charge is 0.306 e. The van der Waals surface area contributed by atoms with E-state index in [1.165, 1.54) is 12.3 Å². The van der Waals surface area contributed by atoms with E-state index in [1.54, 1.807) is 0 Å². The second-order valence-electron chi connectivity index (χ2n) is 5.66. The number of ether oxygens (including phenoxy) is 1. The summed E-state index contributed by atoms with van der Waals surface area (Å²) in [6.07, 6.45) is -4.10. The molecular weight excluding hydrogens is 375 g/mol. The third-order valence-electron chi connectivity index (χ3n) is 3.93. The average molecular weight is 389 g/mol. The topological polar surface area (TPSA) is 167 Å². The van der Waals surface area contributed by atoms with E-state index in [0.29, 0.717) is 0 Å². The molecule has 2 aromatic rings. The fraction of sp³-hybridized carbons (Fsp3) is 0.429. The van der Waals surface area contributed by atoms with Crippen LogP contribution in [-0.2, 0) is 4.74 Å². The van der Waals surface area contributed by atoms with E-state index in [2.05, 4.69) is 15.9 Å². The first kappa shape index (κ1) is 18.6. The average Bonchev–Trinajstić information content (AvgIpc) is 3.05. The number of alkyl halides is 2. The van der Waals surface area contributed by atoms with Crippen molar-refractivity contribution in [2.24, 2.45) is 0 Å². The van der Waals surface area contributed by atoms with Crippen LogP contribution in [0.4, 0.5) is 10.3 Å². The standard InChI is InChI=1S/C14H14ClFN4O6/c15-13(3-1-4-16)7(21)8(14(23,24)25)26-11(13)20-5-2-6-9(20)18-12(17)19-10(6)22/h2,5,7-8,11,21,23-25H,4H2,(H3,17,18,19,22). The minimum Gasteiger partial charge on any atom is -0.387 e. The number of hydrogen-bond acceptors (Lipinski definition) is 8. The van der Waals surface area contributed by atoms with E-state index < -0.39 is 41.5 Å². The molecule has 0 bridgehead atoms. The molecule has 0 amide bonds. The first-order valence-electron chi connectivity index (χ1n) is 7.21. The number of rotatable bonds is 2. The Morgan fingerprint density at radius 3 is 2.85 bits per heavy atom. The van der Waals surface area contributed by atoms with E-state index in [0.717, 1.165) is 4.57 Å². The molecule has 2 aromatic heterocycles. The number of aromatic amines is 1. The molecule has 12 heteroatoms. The van der Waals surface area contributed by atoms with Crippen LogP contribution in [0.15, 0.2) is 17.1 Å². The first-order chi connectivity index (χ1) is 12.1. The first-order valence-corrected chi connectivity index (χ1v) is 7.59. The number of aliphatic hydroxyl groups excluding tert-OH is 1. The van der Waals surface area contributed by atoms with E-state index in [9.17, 15) is 29.6 Å². The maximum absolute atomic E-state index is 12.5. The number of nitrogens with zero attached hydrogens (tertiary/aromatic N) is 2. The maximum Gasteiger partial charge on any atom is 0.306 e. The van der Waals surface area contributed by atoms with Crippen molar-refractivity contribution in [1.82, 2.24) is 14.5 Å². The molecule has 140 valence electrons. The number of anilines is 1. The van der Waals surface area contributed by atoms with Crippen LogP contribution in [0.5, 0.6) is 0 Å². The molecule has 26 heavy (non-hydrogen) atoms. The molecule has 3 heterocycles. The summed E-state index contributed by atoms with van der Waals surface area (Å²) < 4.78 is 19.0. The quantitative estimate of drug-likeness (QED) is 0.198. The summed E-state index contributed by atoms with van der Waals surface area (Å²) in [5.74, 6) is 0.620. The van der Waals surface area contributed by atoms with Gasteiger partial charge in [0.25, 0.3) is 5.56 Å². The highest BCUT2D eigenvalue weighted by Gasteiger charge is 2.61. The van der Waals surface area contributed by atoms with Gasteiger partial charge in [-0.05, 0) is 6.07 Å². The Morgan fingerprint density at radius 2 is 2.23 bits per heavy atom. The molecule has 1 aliphatic heterocycles. The fourth-order valence-corrected chi connectivity index (χ4v) is 3.14. The Labute approximate surface area is 149 Å². The summed E-state index contributed by atoms with van der Waals surface area (Å²) in [4.78, 5) is 16.1. The summed E-state index contributed by atoms with van der Waals surface area (Å²) >= 11 is 6.32. The number of aromatic nitrogens is 3. The number of fused-ring (bicyclic) bond motifs is 1. The molecule has 1 aliphatic rings. The number of H-pyrrole nitrogens is 1. The third-order valence-corrected chi connectivity index (χ3v) is 4.44. The van der Waals surface area contributed by atoms with Gasteiger partial charge in [0, 0.05) is 6.20 Å². The van der Waals surface area contributed by atoms with Gasteiger partial charge in [0.2, 0.25) is 5.95 Å². The van der Waals surface area contributed by atoms with Gasteiger partial charge in [0.05, 0.1) is 5.39 Å². The van der Waals surface area contributed by atoms with Gasteiger partial charge in [-0.1, -0.05) is 23.4 Å². The Hall–Kier alpha value is -2.20. The van der Waals surface area contributed by atoms with Crippen molar-refractivity contribution in [3.8, 4) is 11.8 Å². The zero-order valence-corrected chi connectivity index (χ0v) is 13.7. The van der Waals surface area contributed by atoms with Gasteiger partial charge >= 0.3 is 5.97 Å². The van der Waals surface area contributed by atoms with Gasteiger partial charge < -0.3 is 35.5 Å². The molecule has 1 fully saturated rings. The van der Waals surface area contributed by atoms with Crippen molar-refractivity contribution < 1.29 is 29.6 Å². The van der Waals surface area contributed by atoms with Crippen molar-refractivity contribution >= 4 is 28.6 Å².